The minimum atomic E-state index is -1.21. The van der Waals surface area contributed by atoms with Crippen LogP contribution < -0.4 is 10.5 Å². The van der Waals surface area contributed by atoms with Gasteiger partial charge >= 0.3 is 0 Å². The Morgan fingerprint density at radius 2 is 2.16 bits per heavy atom. The van der Waals surface area contributed by atoms with Crippen LogP contribution in [0.15, 0.2) is 36.4 Å². The van der Waals surface area contributed by atoms with Gasteiger partial charge in [0.25, 0.3) is 0 Å². The van der Waals surface area contributed by atoms with Gasteiger partial charge in [-0.2, -0.15) is 0 Å². The summed E-state index contributed by atoms with van der Waals surface area (Å²) in [6.07, 6.45) is -1.06. The Balaban J connectivity index is 2.38. The molecule has 0 radical (unpaired) electrons. The van der Waals surface area contributed by atoms with Crippen molar-refractivity contribution < 1.29 is 13.9 Å². The molecule has 3 nitrogen and oxygen atoms in total. The van der Waals surface area contributed by atoms with E-state index in [9.17, 15) is 9.18 Å². The highest BCUT2D eigenvalue weighted by molar-refractivity contribution is 5.87. The van der Waals surface area contributed by atoms with Crippen LogP contribution in [0.5, 0.6) is 5.75 Å². The minimum absolute atomic E-state index is 0.0432. The second-order valence-electron chi connectivity index (χ2n) is 4.41. The van der Waals surface area contributed by atoms with Crippen LogP contribution in [0.25, 0.3) is 10.8 Å². The molecule has 2 aromatic rings. The van der Waals surface area contributed by atoms with Gasteiger partial charge in [0.1, 0.15) is 11.9 Å². The highest BCUT2D eigenvalue weighted by Crippen LogP contribution is 2.31. The third kappa shape index (κ3) is 3.02. The zero-order valence-corrected chi connectivity index (χ0v) is 10.7. The van der Waals surface area contributed by atoms with Crippen molar-refractivity contribution in [2.75, 3.05) is 7.11 Å². The van der Waals surface area contributed by atoms with Gasteiger partial charge in [-0.1, -0.05) is 24.3 Å². The number of benzene rings is 2. The second-order valence-corrected chi connectivity index (χ2v) is 4.41. The van der Waals surface area contributed by atoms with Crippen LogP contribution in [0.3, 0.4) is 0 Å². The van der Waals surface area contributed by atoms with Crippen LogP contribution in [0.1, 0.15) is 24.6 Å². The standard InChI is InChI=1S/C15H16FNO2/c1-19-11-6-5-10-3-2-4-12(13(10)9-11)14(16)7-8-15(17)18/h2-6,9,14H,7-8H2,1H3,(H2,17,18). The molecule has 1 unspecified atom stereocenters. The number of nitrogens with two attached hydrogens (primary N) is 1. The maximum atomic E-state index is 14.2. The first-order chi connectivity index (χ1) is 9.11. The van der Waals surface area contributed by atoms with E-state index < -0.39 is 12.1 Å². The maximum absolute atomic E-state index is 14.2. The fourth-order valence-electron chi connectivity index (χ4n) is 2.10. The molecule has 0 aliphatic carbocycles. The number of rotatable bonds is 5. The monoisotopic (exact) mass is 261 g/mol. The summed E-state index contributed by atoms with van der Waals surface area (Å²) < 4.78 is 19.4. The van der Waals surface area contributed by atoms with Crippen molar-refractivity contribution in [2.24, 2.45) is 5.73 Å². The van der Waals surface area contributed by atoms with Gasteiger partial charge in [0, 0.05) is 6.42 Å². The number of ether oxygens (including phenoxy) is 1. The molecular formula is C15H16FNO2. The summed E-state index contributed by atoms with van der Waals surface area (Å²) in [6.45, 7) is 0. The van der Waals surface area contributed by atoms with Crippen molar-refractivity contribution in [3.63, 3.8) is 0 Å². The number of hydrogen-bond donors (Lipinski definition) is 1. The number of alkyl halides is 1. The van der Waals surface area contributed by atoms with Gasteiger partial charge in [-0.05, 0) is 34.9 Å². The van der Waals surface area contributed by atoms with Crippen molar-refractivity contribution in [3.05, 3.63) is 42.0 Å². The van der Waals surface area contributed by atoms with E-state index in [0.717, 1.165) is 10.8 Å². The third-order valence-electron chi connectivity index (χ3n) is 3.10. The van der Waals surface area contributed by atoms with E-state index in [1.807, 2.05) is 24.3 Å². The first kappa shape index (κ1) is 13.3. The molecule has 2 N–H and O–H groups in total. The molecule has 100 valence electrons. The van der Waals surface area contributed by atoms with Gasteiger partial charge < -0.3 is 10.5 Å². The number of fused-ring (bicyclic) bond motifs is 1. The summed E-state index contributed by atoms with van der Waals surface area (Å²) in [7, 11) is 1.57. The van der Waals surface area contributed by atoms with Crippen molar-refractivity contribution >= 4 is 16.7 Å². The highest BCUT2D eigenvalue weighted by atomic mass is 19.1. The van der Waals surface area contributed by atoms with Crippen molar-refractivity contribution in [1.29, 1.82) is 0 Å². The number of primary amides is 1. The summed E-state index contributed by atoms with van der Waals surface area (Å²) in [4.78, 5) is 10.7. The minimum Gasteiger partial charge on any atom is -0.497 e. The predicted molar refractivity (Wildman–Crippen MR) is 72.8 cm³/mol. The Hall–Kier alpha value is -2.10. The molecule has 1 atom stereocenters. The summed E-state index contributed by atoms with van der Waals surface area (Å²) in [5.74, 6) is 0.197. The first-order valence-corrected chi connectivity index (χ1v) is 6.11. The van der Waals surface area contributed by atoms with Gasteiger partial charge in [-0.15, -0.1) is 0 Å². The van der Waals surface area contributed by atoms with Crippen LogP contribution in [0.2, 0.25) is 0 Å². The second kappa shape index (κ2) is 5.69. The Morgan fingerprint density at radius 3 is 2.84 bits per heavy atom. The molecule has 0 bridgehead atoms. The molecule has 0 fully saturated rings. The highest BCUT2D eigenvalue weighted by Gasteiger charge is 2.14. The smallest absolute Gasteiger partial charge is 0.217 e. The Labute approximate surface area is 111 Å². The molecule has 4 heteroatoms. The summed E-state index contributed by atoms with van der Waals surface area (Å²) in [5.41, 5.74) is 5.62. The molecule has 0 spiro atoms. The average Bonchev–Trinajstić information content (AvgIpc) is 2.43. The number of amides is 1. The topological polar surface area (TPSA) is 52.3 Å². The van der Waals surface area contributed by atoms with Crippen LogP contribution >= 0.6 is 0 Å². The molecule has 0 saturated carbocycles. The molecule has 0 aromatic heterocycles. The Kier molecular flexibility index (Phi) is 4.00. The van der Waals surface area contributed by atoms with Crippen LogP contribution in [0.4, 0.5) is 4.39 Å². The Morgan fingerprint density at radius 1 is 1.37 bits per heavy atom. The van der Waals surface area contributed by atoms with E-state index in [4.69, 9.17) is 10.5 Å². The lowest BCUT2D eigenvalue weighted by molar-refractivity contribution is -0.118. The predicted octanol–water partition coefficient (Wildman–Crippen LogP) is 3.12. The van der Waals surface area contributed by atoms with E-state index in [2.05, 4.69) is 0 Å². The summed E-state index contributed by atoms with van der Waals surface area (Å²) in [5, 5.41) is 1.75. The molecule has 2 aromatic carbocycles. The quantitative estimate of drug-likeness (QED) is 0.899. The normalized spacial score (nSPS) is 12.3. The molecular weight excluding hydrogens is 245 g/mol. The fraction of sp³-hybridized carbons (Fsp3) is 0.267. The van der Waals surface area contributed by atoms with Gasteiger partial charge in [0.05, 0.1) is 7.11 Å². The number of hydrogen-bond acceptors (Lipinski definition) is 2. The molecule has 0 aliphatic heterocycles. The number of carbonyl (C=O) groups is 1. The lowest BCUT2D eigenvalue weighted by Crippen LogP contribution is -2.11. The van der Waals surface area contributed by atoms with E-state index in [0.29, 0.717) is 11.3 Å². The fourth-order valence-corrected chi connectivity index (χ4v) is 2.10. The van der Waals surface area contributed by atoms with Gasteiger partial charge in [-0.3, -0.25) is 4.79 Å². The van der Waals surface area contributed by atoms with Crippen molar-refractivity contribution in [3.8, 4) is 5.75 Å². The van der Waals surface area contributed by atoms with E-state index in [-0.39, 0.29) is 12.8 Å². The molecule has 0 heterocycles. The average molecular weight is 261 g/mol. The van der Waals surface area contributed by atoms with E-state index in [1.54, 1.807) is 19.2 Å². The lowest BCUT2D eigenvalue weighted by atomic mass is 9.98. The SMILES string of the molecule is COc1ccc2cccc(C(F)CCC(N)=O)c2c1. The van der Waals surface area contributed by atoms with E-state index in [1.165, 1.54) is 0 Å². The van der Waals surface area contributed by atoms with Crippen LogP contribution in [-0.2, 0) is 4.79 Å². The number of methoxy groups -OCH3 is 1. The van der Waals surface area contributed by atoms with Gasteiger partial charge in [0.2, 0.25) is 5.91 Å². The summed E-state index contributed by atoms with van der Waals surface area (Å²) >= 11 is 0. The Bertz CT molecular complexity index is 598. The molecule has 0 aliphatic rings. The summed E-state index contributed by atoms with van der Waals surface area (Å²) in [6, 6.07) is 11.0. The molecule has 19 heavy (non-hydrogen) atoms. The zero-order chi connectivity index (χ0) is 13.8. The number of halogens is 1. The largest absolute Gasteiger partial charge is 0.497 e. The van der Waals surface area contributed by atoms with E-state index >= 15 is 0 Å². The third-order valence-corrected chi connectivity index (χ3v) is 3.10. The molecule has 0 saturated heterocycles. The number of carbonyl (C=O) groups excluding carboxylic acids is 1. The van der Waals surface area contributed by atoms with Crippen LogP contribution in [-0.4, -0.2) is 13.0 Å². The van der Waals surface area contributed by atoms with Gasteiger partial charge in [0.15, 0.2) is 0 Å². The zero-order valence-electron chi connectivity index (χ0n) is 10.7. The maximum Gasteiger partial charge on any atom is 0.217 e. The van der Waals surface area contributed by atoms with Gasteiger partial charge in [-0.25, -0.2) is 4.39 Å². The lowest BCUT2D eigenvalue weighted by Gasteiger charge is -2.12. The van der Waals surface area contributed by atoms with Crippen molar-refractivity contribution in [2.45, 2.75) is 19.0 Å². The molecule has 2 rings (SSSR count). The first-order valence-electron chi connectivity index (χ1n) is 6.11. The van der Waals surface area contributed by atoms with Crippen molar-refractivity contribution in [1.82, 2.24) is 0 Å². The molecule has 1 amide bonds. The van der Waals surface area contributed by atoms with Crippen LogP contribution in [0, 0.1) is 0 Å².